The monoisotopic (exact) mass is 419 g/mol. The van der Waals surface area contributed by atoms with Gasteiger partial charge in [-0.2, -0.15) is 0 Å². The molecule has 4 aromatic rings. The van der Waals surface area contributed by atoms with Crippen LogP contribution < -0.4 is 19.5 Å². The molecule has 0 radical (unpaired) electrons. The Morgan fingerprint density at radius 3 is 2.39 bits per heavy atom. The maximum atomic E-state index is 11.7. The number of anilines is 2. The van der Waals surface area contributed by atoms with Gasteiger partial charge in [0.05, 0.1) is 21.3 Å². The van der Waals surface area contributed by atoms with Gasteiger partial charge in [-0.3, -0.25) is 4.79 Å². The van der Waals surface area contributed by atoms with Crippen molar-refractivity contribution in [2.24, 2.45) is 0 Å². The number of rotatable bonds is 7. The number of ketones is 1. The van der Waals surface area contributed by atoms with Crippen LogP contribution in [0.1, 0.15) is 17.3 Å². The number of fused-ring (bicyclic) bond motifs is 1. The van der Waals surface area contributed by atoms with Crippen molar-refractivity contribution in [3.05, 3.63) is 48.3 Å². The SMILES string of the molecule is COc1cc(Nc2ncnc3nc(-c4cccc(C(C)=O)c4)[nH]c23)cc(OC)c1OC. The molecule has 0 aliphatic carbocycles. The maximum Gasteiger partial charge on any atom is 0.203 e. The van der Waals surface area contributed by atoms with E-state index in [0.29, 0.717) is 51.3 Å². The molecule has 0 aliphatic rings. The van der Waals surface area contributed by atoms with Crippen molar-refractivity contribution < 1.29 is 19.0 Å². The van der Waals surface area contributed by atoms with E-state index < -0.39 is 0 Å². The zero-order valence-electron chi connectivity index (χ0n) is 17.5. The summed E-state index contributed by atoms with van der Waals surface area (Å²) < 4.78 is 16.2. The summed E-state index contributed by atoms with van der Waals surface area (Å²) in [4.78, 5) is 28.1. The van der Waals surface area contributed by atoms with Gasteiger partial charge in [0.2, 0.25) is 5.75 Å². The minimum Gasteiger partial charge on any atom is -0.493 e. The summed E-state index contributed by atoms with van der Waals surface area (Å²) in [5.41, 5.74) is 3.20. The Morgan fingerprint density at radius 2 is 1.74 bits per heavy atom. The van der Waals surface area contributed by atoms with Gasteiger partial charge in [0.25, 0.3) is 0 Å². The Kier molecular flexibility index (Phi) is 5.40. The fourth-order valence-corrected chi connectivity index (χ4v) is 3.24. The molecule has 9 nitrogen and oxygen atoms in total. The first-order valence-corrected chi connectivity index (χ1v) is 9.43. The largest absolute Gasteiger partial charge is 0.493 e. The van der Waals surface area contributed by atoms with E-state index in [4.69, 9.17) is 14.2 Å². The molecule has 2 aromatic heterocycles. The zero-order chi connectivity index (χ0) is 22.0. The summed E-state index contributed by atoms with van der Waals surface area (Å²) in [6, 6.07) is 10.8. The van der Waals surface area contributed by atoms with Gasteiger partial charge in [0.1, 0.15) is 17.7 Å². The van der Waals surface area contributed by atoms with Crippen molar-refractivity contribution >= 4 is 28.5 Å². The van der Waals surface area contributed by atoms with Crippen LogP contribution >= 0.6 is 0 Å². The fraction of sp³-hybridized carbons (Fsp3) is 0.182. The molecular formula is C22H21N5O4. The van der Waals surface area contributed by atoms with Crippen LogP contribution in [0.5, 0.6) is 17.2 Å². The fourth-order valence-electron chi connectivity index (χ4n) is 3.24. The van der Waals surface area contributed by atoms with E-state index >= 15 is 0 Å². The number of H-pyrrole nitrogens is 1. The smallest absolute Gasteiger partial charge is 0.203 e. The third-order valence-electron chi connectivity index (χ3n) is 4.76. The van der Waals surface area contributed by atoms with Crippen LogP contribution in [-0.2, 0) is 0 Å². The number of hydrogen-bond acceptors (Lipinski definition) is 8. The van der Waals surface area contributed by atoms with Crippen LogP contribution in [0.15, 0.2) is 42.7 Å². The van der Waals surface area contributed by atoms with E-state index in [9.17, 15) is 4.79 Å². The number of carbonyl (C=O) groups excluding carboxylic acids is 1. The number of hydrogen-bond donors (Lipinski definition) is 2. The molecule has 0 unspecified atom stereocenters. The van der Waals surface area contributed by atoms with E-state index in [0.717, 1.165) is 5.56 Å². The highest BCUT2D eigenvalue weighted by molar-refractivity contribution is 5.95. The van der Waals surface area contributed by atoms with Crippen LogP contribution in [0.2, 0.25) is 0 Å². The second-order valence-electron chi connectivity index (χ2n) is 6.68. The second kappa shape index (κ2) is 8.31. The van der Waals surface area contributed by atoms with Crippen LogP contribution in [0.4, 0.5) is 11.5 Å². The van der Waals surface area contributed by atoms with Gasteiger partial charge in [-0.1, -0.05) is 18.2 Å². The summed E-state index contributed by atoms with van der Waals surface area (Å²) in [6.07, 6.45) is 1.43. The molecule has 0 fully saturated rings. The lowest BCUT2D eigenvalue weighted by Gasteiger charge is -2.14. The topological polar surface area (TPSA) is 111 Å². The Bertz CT molecular complexity index is 1240. The molecule has 0 aliphatic heterocycles. The van der Waals surface area contributed by atoms with Gasteiger partial charge in [-0.05, 0) is 13.0 Å². The van der Waals surface area contributed by atoms with Gasteiger partial charge >= 0.3 is 0 Å². The average molecular weight is 419 g/mol. The number of nitrogens with one attached hydrogen (secondary N) is 2. The molecule has 0 amide bonds. The van der Waals surface area contributed by atoms with Crippen LogP contribution in [0, 0.1) is 0 Å². The first-order chi connectivity index (χ1) is 15.0. The molecule has 0 saturated heterocycles. The van der Waals surface area contributed by atoms with Crippen molar-refractivity contribution in [2.45, 2.75) is 6.92 Å². The van der Waals surface area contributed by atoms with Crippen molar-refractivity contribution in [1.29, 1.82) is 0 Å². The summed E-state index contributed by atoms with van der Waals surface area (Å²) >= 11 is 0. The Labute approximate surface area is 178 Å². The minimum atomic E-state index is -0.0116. The first-order valence-electron chi connectivity index (χ1n) is 9.43. The molecule has 0 saturated carbocycles. The highest BCUT2D eigenvalue weighted by atomic mass is 16.5. The number of aromatic nitrogens is 4. The molecule has 9 heteroatoms. The predicted molar refractivity (Wildman–Crippen MR) is 117 cm³/mol. The molecule has 158 valence electrons. The molecule has 0 atom stereocenters. The number of ether oxygens (including phenoxy) is 3. The van der Waals surface area contributed by atoms with Gasteiger partial charge in [0.15, 0.2) is 28.7 Å². The van der Waals surface area contributed by atoms with Gasteiger partial charge in [-0.25, -0.2) is 15.0 Å². The van der Waals surface area contributed by atoms with Crippen molar-refractivity contribution in [3.63, 3.8) is 0 Å². The molecule has 4 rings (SSSR count). The molecule has 2 heterocycles. The quantitative estimate of drug-likeness (QED) is 0.433. The van der Waals surface area contributed by atoms with Crippen LogP contribution in [0.3, 0.4) is 0 Å². The van der Waals surface area contributed by atoms with Crippen LogP contribution in [-0.4, -0.2) is 47.0 Å². The predicted octanol–water partition coefficient (Wildman–Crippen LogP) is 3.99. The third kappa shape index (κ3) is 3.85. The van der Waals surface area contributed by atoms with Gasteiger partial charge < -0.3 is 24.5 Å². The summed E-state index contributed by atoms with van der Waals surface area (Å²) in [7, 11) is 4.66. The lowest BCUT2D eigenvalue weighted by atomic mass is 10.1. The van der Waals surface area contributed by atoms with E-state index in [-0.39, 0.29) is 5.78 Å². The molecule has 0 spiro atoms. The van der Waals surface area contributed by atoms with E-state index in [1.165, 1.54) is 13.3 Å². The van der Waals surface area contributed by atoms with Gasteiger partial charge in [-0.15, -0.1) is 0 Å². The highest BCUT2D eigenvalue weighted by Gasteiger charge is 2.16. The molecule has 2 N–H and O–H groups in total. The van der Waals surface area contributed by atoms with Crippen molar-refractivity contribution in [1.82, 2.24) is 19.9 Å². The number of Topliss-reactive ketones (excluding diaryl/α,β-unsaturated/α-hetero) is 1. The zero-order valence-corrected chi connectivity index (χ0v) is 17.5. The average Bonchev–Trinajstić information content (AvgIpc) is 3.24. The Morgan fingerprint density at radius 1 is 1.00 bits per heavy atom. The summed E-state index contributed by atoms with van der Waals surface area (Å²) in [6.45, 7) is 1.53. The minimum absolute atomic E-state index is 0.0116. The Balaban J connectivity index is 1.75. The lowest BCUT2D eigenvalue weighted by molar-refractivity contribution is 0.101. The number of methoxy groups -OCH3 is 3. The first kappa shape index (κ1) is 20.1. The number of carbonyl (C=O) groups is 1. The van der Waals surface area contributed by atoms with Crippen molar-refractivity contribution in [3.8, 4) is 28.6 Å². The maximum absolute atomic E-state index is 11.7. The standard InChI is InChI=1S/C22H21N5O4/c1-12(28)13-6-5-7-14(8-13)20-26-18-21(23-11-24-22(18)27-20)25-15-9-16(29-2)19(31-4)17(10-15)30-3/h5-11H,1-4H3,(H2,23,24,25,26,27). The van der Waals surface area contributed by atoms with Crippen molar-refractivity contribution in [2.75, 3.05) is 26.6 Å². The van der Waals surface area contributed by atoms with E-state index in [2.05, 4.69) is 25.3 Å². The van der Waals surface area contributed by atoms with E-state index in [1.807, 2.05) is 12.1 Å². The molecular weight excluding hydrogens is 398 g/mol. The number of aromatic amines is 1. The Hall–Kier alpha value is -4.14. The number of imidazole rings is 1. The highest BCUT2D eigenvalue weighted by Crippen LogP contribution is 2.40. The summed E-state index contributed by atoms with van der Waals surface area (Å²) in [5, 5.41) is 3.25. The molecule has 31 heavy (non-hydrogen) atoms. The third-order valence-corrected chi connectivity index (χ3v) is 4.76. The molecule has 0 bridgehead atoms. The van der Waals surface area contributed by atoms with Crippen LogP contribution in [0.25, 0.3) is 22.6 Å². The number of benzene rings is 2. The van der Waals surface area contributed by atoms with Gasteiger partial charge in [0, 0.05) is 28.9 Å². The molecule has 2 aromatic carbocycles. The summed E-state index contributed by atoms with van der Waals surface area (Å²) in [5.74, 6) is 2.63. The second-order valence-corrected chi connectivity index (χ2v) is 6.68. The number of nitrogens with zero attached hydrogens (tertiary/aromatic N) is 3. The lowest BCUT2D eigenvalue weighted by Crippen LogP contribution is -1.99. The normalized spacial score (nSPS) is 10.7. The van der Waals surface area contributed by atoms with E-state index in [1.54, 1.807) is 45.6 Å².